The van der Waals surface area contributed by atoms with Gasteiger partial charge in [0.15, 0.2) is 5.82 Å². The van der Waals surface area contributed by atoms with Crippen molar-refractivity contribution in [3.05, 3.63) is 24.1 Å². The van der Waals surface area contributed by atoms with Gasteiger partial charge in [-0.3, -0.25) is 4.90 Å². The molecule has 1 atom stereocenters. The van der Waals surface area contributed by atoms with Crippen molar-refractivity contribution in [2.45, 2.75) is 36.5 Å². The van der Waals surface area contributed by atoms with Crippen LogP contribution < -0.4 is 4.74 Å². The van der Waals surface area contributed by atoms with Crippen molar-refractivity contribution in [2.24, 2.45) is 5.92 Å². The molecule has 138 valence electrons. The van der Waals surface area contributed by atoms with Crippen molar-refractivity contribution in [1.82, 2.24) is 14.2 Å². The van der Waals surface area contributed by atoms with E-state index in [2.05, 4.69) is 16.9 Å². The highest BCUT2D eigenvalue weighted by atomic mass is 32.2. The van der Waals surface area contributed by atoms with E-state index in [9.17, 15) is 12.8 Å². The maximum atomic E-state index is 13.6. The van der Waals surface area contributed by atoms with Gasteiger partial charge in [0.2, 0.25) is 15.9 Å². The van der Waals surface area contributed by atoms with Crippen molar-refractivity contribution >= 4 is 10.0 Å². The van der Waals surface area contributed by atoms with E-state index in [0.29, 0.717) is 19.7 Å². The maximum absolute atomic E-state index is 13.6. The topological polar surface area (TPSA) is 62.7 Å². The molecule has 0 aromatic carbocycles. The molecule has 1 saturated carbocycles. The second kappa shape index (κ2) is 6.17. The Morgan fingerprint density at radius 1 is 1.36 bits per heavy atom. The number of pyridine rings is 1. The second-order valence-corrected chi connectivity index (χ2v) is 9.83. The zero-order valence-electron chi connectivity index (χ0n) is 14.4. The first kappa shape index (κ1) is 17.2. The summed E-state index contributed by atoms with van der Waals surface area (Å²) in [7, 11) is -1.02. The number of halogens is 1. The summed E-state index contributed by atoms with van der Waals surface area (Å²) in [5, 5.41) is -0.148. The molecule has 1 aromatic rings. The standard InChI is InChI=1S/C17H24FN3O3S/c1-20-8-6-13(10-24-16-15(18)3-2-7-19-16)9-17(20)11-21(12-17)25(22,23)14-4-5-14/h2-3,7,13-14H,4-6,8-12H2,1H3. The lowest BCUT2D eigenvalue weighted by Crippen LogP contribution is -2.72. The highest BCUT2D eigenvalue weighted by molar-refractivity contribution is 7.90. The van der Waals surface area contributed by atoms with Crippen molar-refractivity contribution in [2.75, 3.05) is 33.3 Å². The molecule has 8 heteroatoms. The summed E-state index contributed by atoms with van der Waals surface area (Å²) in [6, 6.07) is 2.88. The van der Waals surface area contributed by atoms with Crippen LogP contribution in [0.25, 0.3) is 0 Å². The van der Waals surface area contributed by atoms with Crippen molar-refractivity contribution in [1.29, 1.82) is 0 Å². The molecule has 2 aliphatic heterocycles. The Labute approximate surface area is 148 Å². The minimum absolute atomic E-state index is 0.0435. The van der Waals surface area contributed by atoms with E-state index in [0.717, 1.165) is 32.2 Å². The summed E-state index contributed by atoms with van der Waals surface area (Å²) in [4.78, 5) is 6.21. The van der Waals surface area contributed by atoms with Crippen LogP contribution in [0.1, 0.15) is 25.7 Å². The van der Waals surface area contributed by atoms with Crippen LogP contribution in [0.4, 0.5) is 4.39 Å². The Hall–Kier alpha value is -1.25. The zero-order valence-corrected chi connectivity index (χ0v) is 15.2. The molecule has 0 bridgehead atoms. The van der Waals surface area contributed by atoms with Gasteiger partial charge in [-0.25, -0.2) is 17.8 Å². The number of rotatable bonds is 5. The fourth-order valence-corrected chi connectivity index (χ4v) is 5.96. The normalized spacial score (nSPS) is 27.2. The number of hydrogen-bond acceptors (Lipinski definition) is 5. The van der Waals surface area contributed by atoms with E-state index in [4.69, 9.17) is 4.74 Å². The smallest absolute Gasteiger partial charge is 0.250 e. The molecule has 2 saturated heterocycles. The predicted octanol–water partition coefficient (Wildman–Crippen LogP) is 1.49. The van der Waals surface area contributed by atoms with Crippen molar-refractivity contribution < 1.29 is 17.5 Å². The van der Waals surface area contributed by atoms with E-state index in [-0.39, 0.29) is 22.6 Å². The Morgan fingerprint density at radius 3 is 2.80 bits per heavy atom. The lowest BCUT2D eigenvalue weighted by atomic mass is 9.77. The summed E-state index contributed by atoms with van der Waals surface area (Å²) in [6.07, 6.45) is 4.94. The minimum Gasteiger partial charge on any atom is -0.475 e. The van der Waals surface area contributed by atoms with Crippen LogP contribution in [-0.4, -0.2) is 66.7 Å². The molecule has 1 aromatic heterocycles. The SMILES string of the molecule is CN1CCC(COc2ncccc2F)CC12CN(S(=O)(=O)C1CC1)C2. The fraction of sp³-hybridized carbons (Fsp3) is 0.706. The Bertz CT molecular complexity index is 747. The first-order valence-electron chi connectivity index (χ1n) is 8.84. The van der Waals surface area contributed by atoms with E-state index in [1.807, 2.05) is 0 Å². The first-order chi connectivity index (χ1) is 11.9. The van der Waals surface area contributed by atoms with Crippen LogP contribution in [0, 0.1) is 11.7 Å². The van der Waals surface area contributed by atoms with E-state index >= 15 is 0 Å². The molecule has 1 aliphatic carbocycles. The number of sulfonamides is 1. The summed E-state index contributed by atoms with van der Waals surface area (Å²) >= 11 is 0. The third-order valence-corrected chi connectivity index (χ3v) is 8.07. The summed E-state index contributed by atoms with van der Waals surface area (Å²) in [6.45, 7) is 2.45. The van der Waals surface area contributed by atoms with Gasteiger partial charge < -0.3 is 4.74 Å². The van der Waals surface area contributed by atoms with Crippen molar-refractivity contribution in [3.63, 3.8) is 0 Å². The zero-order chi connectivity index (χ0) is 17.7. The van der Waals surface area contributed by atoms with Crippen LogP contribution in [0.3, 0.4) is 0 Å². The molecule has 25 heavy (non-hydrogen) atoms. The number of piperidine rings is 1. The number of ether oxygens (including phenoxy) is 1. The molecule has 0 amide bonds. The van der Waals surface area contributed by atoms with Gasteiger partial charge in [-0.2, -0.15) is 4.31 Å². The highest BCUT2D eigenvalue weighted by Crippen LogP contribution is 2.42. The molecular formula is C17H24FN3O3S. The molecule has 3 aliphatic rings. The fourth-order valence-electron chi connectivity index (χ4n) is 3.96. The van der Waals surface area contributed by atoms with E-state index in [1.165, 1.54) is 18.3 Å². The third-order valence-electron chi connectivity index (χ3n) is 5.78. The summed E-state index contributed by atoms with van der Waals surface area (Å²) in [5.74, 6) is -0.124. The van der Waals surface area contributed by atoms with Crippen LogP contribution >= 0.6 is 0 Å². The molecule has 0 N–H and O–H groups in total. The van der Waals surface area contributed by atoms with E-state index < -0.39 is 15.8 Å². The number of nitrogens with zero attached hydrogens (tertiary/aromatic N) is 3. The Morgan fingerprint density at radius 2 is 2.12 bits per heavy atom. The Kier molecular flexibility index (Phi) is 4.24. The molecule has 1 unspecified atom stereocenters. The number of likely N-dealkylation sites (tertiary alicyclic amines) is 1. The predicted molar refractivity (Wildman–Crippen MR) is 91.3 cm³/mol. The molecule has 3 fully saturated rings. The molecule has 0 radical (unpaired) electrons. The quantitative estimate of drug-likeness (QED) is 0.787. The van der Waals surface area contributed by atoms with Crippen LogP contribution in [0.5, 0.6) is 5.88 Å². The van der Waals surface area contributed by atoms with Gasteiger partial charge in [-0.15, -0.1) is 0 Å². The average Bonchev–Trinajstić information content (AvgIpc) is 3.38. The highest BCUT2D eigenvalue weighted by Gasteiger charge is 2.55. The van der Waals surface area contributed by atoms with Gasteiger partial charge in [-0.05, 0) is 57.3 Å². The van der Waals surface area contributed by atoms with Gasteiger partial charge in [0.25, 0.3) is 0 Å². The molecular weight excluding hydrogens is 345 g/mol. The molecule has 4 rings (SSSR count). The second-order valence-electron chi connectivity index (χ2n) is 7.62. The lowest BCUT2D eigenvalue weighted by Gasteiger charge is -2.57. The first-order valence-corrected chi connectivity index (χ1v) is 10.3. The third kappa shape index (κ3) is 3.15. The molecule has 6 nitrogen and oxygen atoms in total. The van der Waals surface area contributed by atoms with Gasteiger partial charge in [0.05, 0.1) is 11.9 Å². The van der Waals surface area contributed by atoms with Crippen molar-refractivity contribution in [3.8, 4) is 5.88 Å². The lowest BCUT2D eigenvalue weighted by molar-refractivity contribution is -0.0500. The Balaban J connectivity index is 1.37. The monoisotopic (exact) mass is 369 g/mol. The number of aromatic nitrogens is 1. The molecule has 3 heterocycles. The van der Waals surface area contributed by atoms with Crippen LogP contribution in [-0.2, 0) is 10.0 Å². The van der Waals surface area contributed by atoms with Gasteiger partial charge in [0.1, 0.15) is 0 Å². The number of hydrogen-bond donors (Lipinski definition) is 0. The minimum atomic E-state index is -3.09. The van der Waals surface area contributed by atoms with Crippen LogP contribution in [0.2, 0.25) is 0 Å². The van der Waals surface area contributed by atoms with Gasteiger partial charge >= 0.3 is 0 Å². The van der Waals surface area contributed by atoms with E-state index in [1.54, 1.807) is 4.31 Å². The number of likely N-dealkylation sites (N-methyl/N-ethyl adjacent to an activating group) is 1. The molecule has 1 spiro atoms. The van der Waals surface area contributed by atoms with Gasteiger partial charge in [-0.1, -0.05) is 0 Å². The summed E-state index contributed by atoms with van der Waals surface area (Å²) < 4.78 is 45.6. The maximum Gasteiger partial charge on any atom is 0.250 e. The summed E-state index contributed by atoms with van der Waals surface area (Å²) in [5.41, 5.74) is -0.100. The van der Waals surface area contributed by atoms with Gasteiger partial charge in [0, 0.05) is 24.8 Å². The van der Waals surface area contributed by atoms with Crippen LogP contribution in [0.15, 0.2) is 18.3 Å². The largest absolute Gasteiger partial charge is 0.475 e. The average molecular weight is 369 g/mol.